The second kappa shape index (κ2) is 7.16. The van der Waals surface area contributed by atoms with Crippen LogP contribution in [-0.4, -0.2) is 30.7 Å². The van der Waals surface area contributed by atoms with E-state index < -0.39 is 0 Å². The highest BCUT2D eigenvalue weighted by molar-refractivity contribution is 5.83. The molecule has 29 heavy (non-hydrogen) atoms. The van der Waals surface area contributed by atoms with Crippen LogP contribution in [0.15, 0.2) is 23.0 Å². The van der Waals surface area contributed by atoms with Crippen LogP contribution in [0.1, 0.15) is 65.1 Å². The quantitative estimate of drug-likeness (QED) is 0.810. The summed E-state index contributed by atoms with van der Waals surface area (Å²) in [6.07, 6.45) is 3.89. The smallest absolute Gasteiger partial charge is 0.198 e. The number of hydrogen-bond donors (Lipinski definition) is 2. The van der Waals surface area contributed by atoms with Crippen LogP contribution >= 0.6 is 0 Å². The van der Waals surface area contributed by atoms with Crippen LogP contribution in [0.2, 0.25) is 0 Å². The summed E-state index contributed by atoms with van der Waals surface area (Å²) < 4.78 is 0. The molecule has 3 atom stereocenters. The Kier molecular flexibility index (Phi) is 5.05. The average Bonchev–Trinajstić information content (AvgIpc) is 2.88. The molecule has 4 rings (SSSR count). The highest BCUT2D eigenvalue weighted by atomic mass is 16.1. The monoisotopic (exact) mass is 396 g/mol. The van der Waals surface area contributed by atoms with Crippen molar-refractivity contribution in [1.29, 1.82) is 0 Å². The molecule has 2 fully saturated rings. The van der Waals surface area contributed by atoms with Crippen LogP contribution in [0.25, 0.3) is 10.9 Å². The van der Waals surface area contributed by atoms with Crippen molar-refractivity contribution in [2.45, 2.75) is 73.4 Å². The summed E-state index contributed by atoms with van der Waals surface area (Å²) in [6, 6.07) is 6.97. The van der Waals surface area contributed by atoms with Crippen molar-refractivity contribution in [1.82, 2.24) is 4.98 Å². The van der Waals surface area contributed by atoms with E-state index in [-0.39, 0.29) is 5.43 Å². The van der Waals surface area contributed by atoms with E-state index in [0.29, 0.717) is 16.9 Å². The first-order valence-corrected chi connectivity index (χ1v) is 11.4. The Balaban J connectivity index is 1.70. The van der Waals surface area contributed by atoms with Gasteiger partial charge in [-0.15, -0.1) is 0 Å². The van der Waals surface area contributed by atoms with E-state index in [4.69, 9.17) is 0 Å². The van der Waals surface area contributed by atoms with E-state index in [1.54, 1.807) is 4.90 Å². The van der Waals surface area contributed by atoms with Crippen molar-refractivity contribution in [3.63, 3.8) is 0 Å². The largest absolute Gasteiger partial charge is 0.372 e. The zero-order chi connectivity index (χ0) is 21.0. The van der Waals surface area contributed by atoms with Crippen molar-refractivity contribution in [2.75, 3.05) is 24.5 Å². The van der Waals surface area contributed by atoms with Gasteiger partial charge in [-0.3, -0.25) is 4.79 Å². The molecule has 1 aromatic heterocycles. The fourth-order valence-electron chi connectivity index (χ4n) is 6.62. The Morgan fingerprint density at radius 2 is 1.90 bits per heavy atom. The number of aromatic nitrogens is 1. The molecule has 3 unspecified atom stereocenters. The van der Waals surface area contributed by atoms with Gasteiger partial charge < -0.3 is 14.8 Å². The van der Waals surface area contributed by atoms with Gasteiger partial charge in [0.25, 0.3) is 0 Å². The first-order valence-electron chi connectivity index (χ1n) is 11.4. The zero-order valence-electron chi connectivity index (χ0n) is 19.1. The summed E-state index contributed by atoms with van der Waals surface area (Å²) in [5.41, 5.74) is 5.19. The number of nitrogens with zero attached hydrogens (tertiary/aromatic N) is 1. The van der Waals surface area contributed by atoms with Gasteiger partial charge in [0.05, 0.1) is 18.2 Å². The van der Waals surface area contributed by atoms with E-state index in [1.165, 1.54) is 25.8 Å². The third kappa shape index (κ3) is 3.72. The lowest BCUT2D eigenvalue weighted by atomic mass is 9.65. The van der Waals surface area contributed by atoms with Crippen LogP contribution in [0, 0.1) is 17.8 Å². The maximum atomic E-state index is 13.5. The van der Waals surface area contributed by atoms with E-state index >= 15 is 0 Å². The lowest BCUT2D eigenvalue weighted by Gasteiger charge is -2.37. The molecule has 1 saturated heterocycles. The SMILES string of the molecule is CCN(CC)c1ccc2[nH]c(C)c(C[NH+]3CC4(C)CC3CC(C)(C)C4)c(=O)c2c1. The second-order valence-electron chi connectivity index (χ2n) is 10.7. The molecule has 4 nitrogen and oxygen atoms in total. The molecule has 1 aliphatic carbocycles. The lowest BCUT2D eigenvalue weighted by molar-refractivity contribution is -0.928. The molecule has 0 spiro atoms. The fourth-order valence-corrected chi connectivity index (χ4v) is 6.62. The number of benzene rings is 1. The standard InChI is InChI=1S/C25H37N3O/c1-7-27(8-2)18-9-10-22-20(11-18)23(29)21(17(3)26-22)14-28-16-25(6)13-19(28)12-24(4,5)15-25/h9-11,19H,7-8,12-16H2,1-6H3,(H,26,29)/p+1. The molecule has 1 saturated carbocycles. The maximum Gasteiger partial charge on any atom is 0.198 e. The number of aryl methyl sites for hydroxylation is 1. The van der Waals surface area contributed by atoms with Gasteiger partial charge in [0.1, 0.15) is 6.54 Å². The molecule has 158 valence electrons. The van der Waals surface area contributed by atoms with Gasteiger partial charge in [0.2, 0.25) is 0 Å². The van der Waals surface area contributed by atoms with Crippen molar-refractivity contribution in [2.24, 2.45) is 10.8 Å². The summed E-state index contributed by atoms with van der Waals surface area (Å²) in [5, 5.41) is 0.836. The van der Waals surface area contributed by atoms with E-state index in [2.05, 4.69) is 69.6 Å². The minimum Gasteiger partial charge on any atom is -0.372 e. The molecule has 2 aliphatic rings. The van der Waals surface area contributed by atoms with Gasteiger partial charge in [-0.2, -0.15) is 0 Å². The predicted molar refractivity (Wildman–Crippen MR) is 122 cm³/mol. The molecule has 2 heterocycles. The third-order valence-corrected chi connectivity index (χ3v) is 7.50. The summed E-state index contributed by atoms with van der Waals surface area (Å²) in [6.45, 7) is 17.6. The topological polar surface area (TPSA) is 40.5 Å². The fraction of sp³-hybridized carbons (Fsp3) is 0.640. The van der Waals surface area contributed by atoms with Gasteiger partial charge in [-0.25, -0.2) is 0 Å². The van der Waals surface area contributed by atoms with Gasteiger partial charge in [0.15, 0.2) is 5.43 Å². The number of aromatic amines is 1. The third-order valence-electron chi connectivity index (χ3n) is 7.50. The normalized spacial score (nSPS) is 28.1. The number of fused-ring (bicyclic) bond motifs is 3. The number of likely N-dealkylation sites (tertiary alicyclic amines) is 1. The van der Waals surface area contributed by atoms with Crippen molar-refractivity contribution < 1.29 is 4.90 Å². The number of nitrogens with one attached hydrogen (secondary N) is 2. The van der Waals surface area contributed by atoms with Crippen molar-refractivity contribution >= 4 is 16.6 Å². The number of quaternary nitrogens is 1. The van der Waals surface area contributed by atoms with Crippen molar-refractivity contribution in [3.05, 3.63) is 39.7 Å². The van der Waals surface area contributed by atoms with Crippen LogP contribution < -0.4 is 15.2 Å². The minimum absolute atomic E-state index is 0.226. The van der Waals surface area contributed by atoms with Gasteiger partial charge >= 0.3 is 0 Å². The second-order valence-corrected chi connectivity index (χ2v) is 10.7. The molecule has 2 aromatic rings. The molecule has 2 bridgehead atoms. The van der Waals surface area contributed by atoms with E-state index in [9.17, 15) is 4.79 Å². The molecular formula is C25H38N3O+. The first-order chi connectivity index (χ1) is 13.6. The number of H-pyrrole nitrogens is 1. The highest BCUT2D eigenvalue weighted by Crippen LogP contribution is 2.47. The van der Waals surface area contributed by atoms with Crippen molar-refractivity contribution in [3.8, 4) is 0 Å². The van der Waals surface area contributed by atoms with E-state index in [1.807, 2.05) is 0 Å². The Labute approximate surface area is 175 Å². The lowest BCUT2D eigenvalue weighted by Crippen LogP contribution is -3.12. The molecule has 0 amide bonds. The van der Waals surface area contributed by atoms with Crippen LogP contribution in [0.4, 0.5) is 5.69 Å². The van der Waals surface area contributed by atoms with Crippen LogP contribution in [0.3, 0.4) is 0 Å². The van der Waals surface area contributed by atoms with Gasteiger partial charge in [-0.1, -0.05) is 20.8 Å². The maximum absolute atomic E-state index is 13.5. The predicted octanol–water partition coefficient (Wildman–Crippen LogP) is 3.67. The molecule has 2 N–H and O–H groups in total. The molecule has 0 radical (unpaired) electrons. The summed E-state index contributed by atoms with van der Waals surface area (Å²) in [5.74, 6) is 0. The van der Waals surface area contributed by atoms with Crippen LogP contribution in [0.5, 0.6) is 0 Å². The summed E-state index contributed by atoms with van der Waals surface area (Å²) in [4.78, 5) is 21.0. The number of anilines is 1. The Hall–Kier alpha value is -1.81. The molecule has 1 aliphatic heterocycles. The first kappa shape index (κ1) is 20.5. The number of pyridine rings is 1. The molecule has 1 aromatic carbocycles. The summed E-state index contributed by atoms with van der Waals surface area (Å²) >= 11 is 0. The highest BCUT2D eigenvalue weighted by Gasteiger charge is 2.52. The average molecular weight is 397 g/mol. The Morgan fingerprint density at radius 1 is 1.17 bits per heavy atom. The zero-order valence-corrected chi connectivity index (χ0v) is 19.1. The van der Waals surface area contributed by atoms with Crippen LogP contribution in [-0.2, 0) is 6.54 Å². The minimum atomic E-state index is 0.226. The van der Waals surface area contributed by atoms with E-state index in [0.717, 1.165) is 47.5 Å². The Bertz CT molecular complexity index is 972. The molecular weight excluding hydrogens is 358 g/mol. The number of rotatable bonds is 5. The Morgan fingerprint density at radius 3 is 2.59 bits per heavy atom. The van der Waals surface area contributed by atoms with Gasteiger partial charge in [0, 0.05) is 53.6 Å². The van der Waals surface area contributed by atoms with Gasteiger partial charge in [-0.05, 0) is 50.8 Å². The molecule has 4 heteroatoms. The number of hydrogen-bond acceptors (Lipinski definition) is 2. The summed E-state index contributed by atoms with van der Waals surface area (Å²) in [7, 11) is 0.